The average molecular weight is 442 g/mol. The van der Waals surface area contributed by atoms with Gasteiger partial charge in [0, 0.05) is 31.1 Å². The van der Waals surface area contributed by atoms with Crippen molar-refractivity contribution in [1.29, 1.82) is 0 Å². The lowest BCUT2D eigenvalue weighted by Gasteiger charge is -2.19. The molecule has 1 amide bonds. The van der Waals surface area contributed by atoms with Gasteiger partial charge in [0.05, 0.1) is 25.5 Å². The molecule has 0 saturated heterocycles. The van der Waals surface area contributed by atoms with Crippen LogP contribution in [0.25, 0.3) is 0 Å². The first-order chi connectivity index (χ1) is 14.9. The van der Waals surface area contributed by atoms with Crippen LogP contribution >= 0.6 is 11.8 Å². The van der Waals surface area contributed by atoms with Crippen LogP contribution < -0.4 is 9.47 Å². The van der Waals surface area contributed by atoms with Crippen molar-refractivity contribution in [1.82, 2.24) is 15.0 Å². The first kappa shape index (κ1) is 22.7. The number of methoxy groups -OCH3 is 2. The van der Waals surface area contributed by atoms with E-state index in [1.54, 1.807) is 38.4 Å². The summed E-state index contributed by atoms with van der Waals surface area (Å²) in [6, 6.07) is 9.40. The minimum atomic E-state index is -0.0603. The normalized spacial score (nSPS) is 10.7. The minimum absolute atomic E-state index is 0.0603. The van der Waals surface area contributed by atoms with Crippen LogP contribution in [0.15, 0.2) is 46.1 Å². The highest BCUT2D eigenvalue weighted by Crippen LogP contribution is 2.29. The smallest absolute Gasteiger partial charge is 0.256 e. The van der Waals surface area contributed by atoms with E-state index < -0.39 is 0 Å². The van der Waals surface area contributed by atoms with Crippen molar-refractivity contribution in [3.05, 3.63) is 64.7 Å². The zero-order valence-electron chi connectivity index (χ0n) is 18.5. The fraction of sp³-hybridized carbons (Fsp3) is 0.348. The molecular weight excluding hydrogens is 414 g/mol. The van der Waals surface area contributed by atoms with Gasteiger partial charge in [0.15, 0.2) is 11.5 Å². The monoisotopic (exact) mass is 441 g/mol. The summed E-state index contributed by atoms with van der Waals surface area (Å²) in [5.41, 5.74) is 3.56. The van der Waals surface area contributed by atoms with Crippen molar-refractivity contribution in [3.63, 3.8) is 0 Å². The molecule has 3 rings (SSSR count). The van der Waals surface area contributed by atoms with Crippen LogP contribution in [-0.4, -0.2) is 48.8 Å². The molecule has 3 aromatic rings. The van der Waals surface area contributed by atoms with Crippen molar-refractivity contribution in [2.75, 3.05) is 27.8 Å². The second-order valence-electron chi connectivity index (χ2n) is 7.11. The second kappa shape index (κ2) is 10.3. The standard InChI is InChI=1S/C23H27N3O4S/c1-15-19(16(2)30-25-15)14-31-22-18(7-6-11-24-22)23(27)26(3)12-10-17-8-9-20(28-4)21(13-17)29-5/h6-9,11,13H,10,12,14H2,1-5H3. The van der Waals surface area contributed by atoms with Gasteiger partial charge in [0.1, 0.15) is 10.8 Å². The fourth-order valence-corrected chi connectivity index (χ4v) is 4.30. The Bertz CT molecular complexity index is 1030. The molecule has 1 aromatic carbocycles. The van der Waals surface area contributed by atoms with E-state index in [2.05, 4.69) is 10.1 Å². The quantitative estimate of drug-likeness (QED) is 0.458. The third-order valence-corrected chi connectivity index (χ3v) is 6.10. The van der Waals surface area contributed by atoms with Gasteiger partial charge in [-0.05, 0) is 50.1 Å². The summed E-state index contributed by atoms with van der Waals surface area (Å²) in [6.45, 7) is 4.37. The molecule has 31 heavy (non-hydrogen) atoms. The van der Waals surface area contributed by atoms with E-state index in [9.17, 15) is 4.79 Å². The molecule has 2 aromatic heterocycles. The van der Waals surface area contributed by atoms with Gasteiger partial charge >= 0.3 is 0 Å². The van der Waals surface area contributed by atoms with E-state index in [0.29, 0.717) is 40.8 Å². The molecule has 0 radical (unpaired) electrons. The largest absolute Gasteiger partial charge is 0.493 e. The Balaban J connectivity index is 1.67. The lowest BCUT2D eigenvalue weighted by molar-refractivity contribution is 0.0792. The third-order valence-electron chi connectivity index (χ3n) is 5.07. The van der Waals surface area contributed by atoms with Gasteiger partial charge in [-0.2, -0.15) is 0 Å². The molecule has 7 nitrogen and oxygen atoms in total. The number of rotatable bonds is 9. The zero-order chi connectivity index (χ0) is 22.4. The van der Waals surface area contributed by atoms with E-state index >= 15 is 0 Å². The lowest BCUT2D eigenvalue weighted by atomic mass is 10.1. The zero-order valence-corrected chi connectivity index (χ0v) is 19.3. The second-order valence-corrected chi connectivity index (χ2v) is 8.08. The number of aryl methyl sites for hydroxylation is 2. The van der Waals surface area contributed by atoms with Crippen molar-refractivity contribution < 1.29 is 18.8 Å². The molecule has 164 valence electrons. The average Bonchev–Trinajstić information content (AvgIpc) is 3.12. The van der Waals surface area contributed by atoms with E-state index in [4.69, 9.17) is 14.0 Å². The maximum atomic E-state index is 13.1. The van der Waals surface area contributed by atoms with Crippen LogP contribution in [0.5, 0.6) is 11.5 Å². The number of likely N-dealkylation sites (N-methyl/N-ethyl adjacent to an activating group) is 1. The summed E-state index contributed by atoms with van der Waals surface area (Å²) in [5.74, 6) is 2.74. The molecule has 0 spiro atoms. The summed E-state index contributed by atoms with van der Waals surface area (Å²) in [5, 5.41) is 4.69. The van der Waals surface area contributed by atoms with Crippen LogP contribution in [0.4, 0.5) is 0 Å². The Morgan fingerprint density at radius 2 is 1.94 bits per heavy atom. The maximum Gasteiger partial charge on any atom is 0.256 e. The fourth-order valence-electron chi connectivity index (χ4n) is 3.16. The van der Waals surface area contributed by atoms with Gasteiger partial charge in [0.2, 0.25) is 0 Å². The maximum absolute atomic E-state index is 13.1. The van der Waals surface area contributed by atoms with Crippen molar-refractivity contribution in [2.45, 2.75) is 31.0 Å². The molecular formula is C23H27N3O4S. The molecule has 2 heterocycles. The van der Waals surface area contributed by atoms with E-state index in [1.165, 1.54) is 11.8 Å². The van der Waals surface area contributed by atoms with Crippen LogP contribution in [0.3, 0.4) is 0 Å². The molecule has 0 atom stereocenters. The number of thioether (sulfide) groups is 1. The Kier molecular flexibility index (Phi) is 7.57. The number of pyridine rings is 1. The molecule has 0 unspecified atom stereocenters. The predicted molar refractivity (Wildman–Crippen MR) is 120 cm³/mol. The van der Waals surface area contributed by atoms with Gasteiger partial charge in [-0.1, -0.05) is 11.2 Å². The highest BCUT2D eigenvalue weighted by atomic mass is 32.2. The summed E-state index contributed by atoms with van der Waals surface area (Å²) in [6.07, 6.45) is 2.40. The Morgan fingerprint density at radius 1 is 1.16 bits per heavy atom. The number of benzene rings is 1. The van der Waals surface area contributed by atoms with Crippen LogP contribution in [0, 0.1) is 13.8 Å². The topological polar surface area (TPSA) is 77.7 Å². The number of aromatic nitrogens is 2. The van der Waals surface area contributed by atoms with Crippen molar-refractivity contribution >= 4 is 17.7 Å². The van der Waals surface area contributed by atoms with Gasteiger partial charge in [-0.3, -0.25) is 4.79 Å². The van der Waals surface area contributed by atoms with Gasteiger partial charge < -0.3 is 18.9 Å². The summed E-state index contributed by atoms with van der Waals surface area (Å²) in [7, 11) is 5.03. The predicted octanol–water partition coefficient (Wildman–Crippen LogP) is 4.31. The van der Waals surface area contributed by atoms with E-state index in [0.717, 1.165) is 22.6 Å². The third kappa shape index (κ3) is 5.38. The summed E-state index contributed by atoms with van der Waals surface area (Å²) in [4.78, 5) is 19.3. The summed E-state index contributed by atoms with van der Waals surface area (Å²) >= 11 is 1.51. The number of ether oxygens (including phenoxy) is 2. The molecule has 0 aliphatic carbocycles. The number of hydrogen-bond donors (Lipinski definition) is 0. The van der Waals surface area contributed by atoms with Gasteiger partial charge in [0.25, 0.3) is 5.91 Å². The van der Waals surface area contributed by atoms with E-state index in [1.807, 2.05) is 38.1 Å². The number of amides is 1. The SMILES string of the molecule is COc1ccc(CCN(C)C(=O)c2cccnc2SCc2c(C)noc2C)cc1OC. The molecule has 0 fully saturated rings. The highest BCUT2D eigenvalue weighted by Gasteiger charge is 2.18. The number of nitrogens with zero attached hydrogens (tertiary/aromatic N) is 3. The highest BCUT2D eigenvalue weighted by molar-refractivity contribution is 7.98. The van der Waals surface area contributed by atoms with Crippen LogP contribution in [-0.2, 0) is 12.2 Å². The molecule has 0 N–H and O–H groups in total. The Hall–Kier alpha value is -3.00. The van der Waals surface area contributed by atoms with Crippen molar-refractivity contribution in [3.8, 4) is 11.5 Å². The van der Waals surface area contributed by atoms with Crippen molar-refractivity contribution in [2.24, 2.45) is 0 Å². The Labute approximate surface area is 186 Å². The molecule has 0 saturated carbocycles. The minimum Gasteiger partial charge on any atom is -0.493 e. The number of carbonyl (C=O) groups is 1. The Morgan fingerprint density at radius 3 is 2.61 bits per heavy atom. The van der Waals surface area contributed by atoms with Gasteiger partial charge in [-0.25, -0.2) is 4.98 Å². The number of carbonyl (C=O) groups excluding carboxylic acids is 1. The first-order valence-corrected chi connectivity index (χ1v) is 10.9. The lowest BCUT2D eigenvalue weighted by Crippen LogP contribution is -2.29. The first-order valence-electron chi connectivity index (χ1n) is 9.90. The molecule has 8 heteroatoms. The van der Waals surface area contributed by atoms with E-state index in [-0.39, 0.29) is 5.91 Å². The number of hydrogen-bond acceptors (Lipinski definition) is 7. The van der Waals surface area contributed by atoms with Gasteiger partial charge in [-0.15, -0.1) is 11.8 Å². The van der Waals surface area contributed by atoms with Crippen LogP contribution in [0.1, 0.15) is 32.9 Å². The molecule has 0 bridgehead atoms. The summed E-state index contributed by atoms with van der Waals surface area (Å²) < 4.78 is 15.9. The van der Waals surface area contributed by atoms with Crippen LogP contribution in [0.2, 0.25) is 0 Å². The molecule has 0 aliphatic rings. The molecule has 0 aliphatic heterocycles.